The molecule has 77 heavy (non-hydrogen) atoms. The fourth-order valence-electron chi connectivity index (χ4n) is 7.27. The predicted octanol–water partition coefficient (Wildman–Crippen LogP) is 16.1. The van der Waals surface area contributed by atoms with Gasteiger partial charge in [-0.15, -0.1) is 179 Å². The molecule has 7 aromatic carbocycles. The van der Waals surface area contributed by atoms with Crippen molar-refractivity contribution in [2.75, 3.05) is 0 Å². The zero-order valence-corrected chi connectivity index (χ0v) is 47.0. The molecule has 0 saturated carbocycles. The van der Waals surface area contributed by atoms with Crippen molar-refractivity contribution in [2.24, 2.45) is 0 Å². The number of hydrogen-bond acceptors (Lipinski definition) is 7. The summed E-state index contributed by atoms with van der Waals surface area (Å²) in [4.78, 5) is 31.6. The van der Waals surface area contributed by atoms with Gasteiger partial charge in [-0.05, 0) is 94.2 Å². The molecule has 0 atom stereocenters. The molecular weight excluding hydrogens is 1300 g/mol. The zero-order valence-electron chi connectivity index (χ0n) is 42.2. The maximum atomic E-state index is 10.0. The Kier molecular flexibility index (Phi) is 25.6. The third kappa shape index (κ3) is 19.5. The molecule has 12 aromatic rings. The Labute approximate surface area is 478 Å². The van der Waals surface area contributed by atoms with Gasteiger partial charge in [0, 0.05) is 57.2 Å². The van der Waals surface area contributed by atoms with E-state index in [1.165, 1.54) is 41.5 Å². The van der Waals surface area contributed by atoms with Crippen molar-refractivity contribution in [3.63, 3.8) is 0 Å². The SMILES string of the molecule is CC(=O)C=C(C)O.[Ir+3].[Ir].[c-]1ccccc1-c1ccccn1.[c-]1ccccc1-c1ccccn1.[c-]1ccccc1-c1ccccn1.[c-]1ccccc1-c1nccc2ccccc12.[c-]1ccccc1-c1nccc2ccccc12. The van der Waals surface area contributed by atoms with Crippen molar-refractivity contribution in [2.45, 2.75) is 13.8 Å². The summed E-state index contributed by atoms with van der Waals surface area (Å²) in [7, 11) is 0. The first-order valence-corrected chi connectivity index (χ1v) is 24.1. The van der Waals surface area contributed by atoms with Crippen LogP contribution < -0.4 is 0 Å². The number of carbonyl (C=O) groups excluding carboxylic acids is 1. The van der Waals surface area contributed by atoms with Crippen LogP contribution in [0, 0.1) is 30.3 Å². The molecule has 7 nitrogen and oxygen atoms in total. The third-order valence-corrected chi connectivity index (χ3v) is 10.6. The first-order chi connectivity index (χ1) is 36.9. The Hall–Kier alpha value is -8.68. The molecule has 0 aliphatic carbocycles. The van der Waals surface area contributed by atoms with Crippen LogP contribution in [0.3, 0.4) is 0 Å². The van der Waals surface area contributed by atoms with E-state index in [4.69, 9.17) is 5.11 Å². The van der Waals surface area contributed by atoms with Crippen molar-refractivity contribution in [1.82, 2.24) is 24.9 Å². The van der Waals surface area contributed by atoms with Gasteiger partial charge in [-0.3, -0.25) is 4.79 Å². The van der Waals surface area contributed by atoms with E-state index in [-0.39, 0.29) is 51.8 Å². The number of rotatable bonds is 6. The number of pyridine rings is 5. The molecule has 1 N–H and O–H groups in total. The largest absolute Gasteiger partial charge is 3.00 e. The predicted molar refractivity (Wildman–Crippen MR) is 305 cm³/mol. The van der Waals surface area contributed by atoms with Crippen LogP contribution in [-0.2, 0) is 45.0 Å². The number of hydrogen-bond donors (Lipinski definition) is 1. The molecule has 1 radical (unpaired) electrons. The van der Waals surface area contributed by atoms with E-state index in [9.17, 15) is 4.79 Å². The van der Waals surface area contributed by atoms with Gasteiger partial charge < -0.3 is 30.0 Å². The molecule has 0 spiro atoms. The minimum atomic E-state index is -0.125. The van der Waals surface area contributed by atoms with Crippen LogP contribution in [0.1, 0.15) is 13.8 Å². The van der Waals surface area contributed by atoms with E-state index < -0.39 is 0 Å². The number of aromatic nitrogens is 5. The molecule has 5 aromatic heterocycles. The van der Waals surface area contributed by atoms with E-state index >= 15 is 0 Å². The summed E-state index contributed by atoms with van der Waals surface area (Å²) in [6.45, 7) is 2.85. The molecular formula is C68H52Ir2N5O2-2. The molecule has 9 heteroatoms. The second-order valence-corrected chi connectivity index (χ2v) is 16.2. The van der Waals surface area contributed by atoms with Gasteiger partial charge in [0.05, 0.1) is 5.76 Å². The number of carbonyl (C=O) groups is 1. The summed E-state index contributed by atoms with van der Waals surface area (Å²) in [6, 6.07) is 93.3. The standard InChI is InChI=1S/2C15H10N.3C11H8N.C5H8O2.2Ir/c2*1-2-7-13(8-3-1)15-14-9-5-4-6-12(14)10-11-16-15;3*1-2-6-10(7-3-1)11-8-4-5-9-12-11;1-4(6)3-5(2)7;;/h2*1-7,9-11H;3*1-6,8-9H;3,6H,1-2H3;;/q5*-1;;;+3. The quantitative estimate of drug-likeness (QED) is 0.101. The average molecular weight is 1360 g/mol. The number of allylic oxidation sites excluding steroid dienone is 2. The first kappa shape index (κ1) is 59.2. The maximum Gasteiger partial charge on any atom is 3.00 e. The van der Waals surface area contributed by atoms with Gasteiger partial charge in [0.25, 0.3) is 0 Å². The van der Waals surface area contributed by atoms with Gasteiger partial charge in [-0.25, -0.2) is 0 Å². The van der Waals surface area contributed by atoms with E-state index in [2.05, 4.69) is 79.5 Å². The van der Waals surface area contributed by atoms with Crippen molar-refractivity contribution in [1.29, 1.82) is 0 Å². The Bertz CT molecular complexity index is 3150. The first-order valence-electron chi connectivity index (χ1n) is 24.1. The monoisotopic (exact) mass is 1360 g/mol. The van der Waals surface area contributed by atoms with E-state index in [1.54, 1.807) is 18.6 Å². The van der Waals surface area contributed by atoms with E-state index in [1.807, 2.05) is 225 Å². The topological polar surface area (TPSA) is 102 Å². The zero-order chi connectivity index (χ0) is 52.1. The molecule has 0 amide bonds. The van der Waals surface area contributed by atoms with Crippen LogP contribution in [0.2, 0.25) is 0 Å². The number of fused-ring (bicyclic) bond motifs is 2. The smallest absolute Gasteiger partial charge is 0.512 e. The van der Waals surface area contributed by atoms with Crippen LogP contribution in [0.15, 0.2) is 279 Å². The van der Waals surface area contributed by atoms with Gasteiger partial charge in [0.15, 0.2) is 5.78 Å². The van der Waals surface area contributed by atoms with E-state index in [0.29, 0.717) is 0 Å². The third-order valence-electron chi connectivity index (χ3n) is 10.6. The van der Waals surface area contributed by atoms with Crippen molar-refractivity contribution in [3.8, 4) is 56.3 Å². The summed E-state index contributed by atoms with van der Waals surface area (Å²) in [5.41, 5.74) is 10.1. The Morgan fingerprint density at radius 2 is 0.662 bits per heavy atom. The number of benzene rings is 7. The van der Waals surface area contributed by atoms with Gasteiger partial charge in [-0.1, -0.05) is 84.9 Å². The fraction of sp³-hybridized carbons (Fsp3) is 0.0294. The average Bonchev–Trinajstić information content (AvgIpc) is 3.49. The summed E-state index contributed by atoms with van der Waals surface area (Å²) >= 11 is 0. The second kappa shape index (κ2) is 33.3. The summed E-state index contributed by atoms with van der Waals surface area (Å²) in [5, 5.41) is 13.1. The van der Waals surface area contributed by atoms with Crippen LogP contribution in [0.25, 0.3) is 77.8 Å². The van der Waals surface area contributed by atoms with Crippen molar-refractivity contribution < 1.29 is 50.1 Å². The summed E-state index contributed by atoms with van der Waals surface area (Å²) in [6.07, 6.45) is 10.2. The van der Waals surface area contributed by atoms with Crippen LogP contribution in [0.5, 0.6) is 0 Å². The van der Waals surface area contributed by atoms with Crippen LogP contribution in [-0.4, -0.2) is 35.8 Å². The molecule has 0 unspecified atom stereocenters. The molecule has 0 bridgehead atoms. The number of ketones is 1. The van der Waals surface area contributed by atoms with Crippen LogP contribution in [0.4, 0.5) is 0 Å². The van der Waals surface area contributed by atoms with Gasteiger partial charge in [0.1, 0.15) is 0 Å². The Morgan fingerprint density at radius 1 is 0.364 bits per heavy atom. The minimum absolute atomic E-state index is 0. The number of aliphatic hydroxyl groups excluding tert-OH is 1. The fourth-order valence-corrected chi connectivity index (χ4v) is 7.27. The molecule has 0 fully saturated rings. The van der Waals surface area contributed by atoms with Gasteiger partial charge in [-0.2, -0.15) is 0 Å². The molecule has 12 rings (SSSR count). The van der Waals surface area contributed by atoms with Gasteiger partial charge in [0.2, 0.25) is 0 Å². The summed E-state index contributed by atoms with van der Waals surface area (Å²) in [5.74, 6) is -0.0625. The summed E-state index contributed by atoms with van der Waals surface area (Å²) < 4.78 is 0. The van der Waals surface area contributed by atoms with Crippen molar-refractivity contribution in [3.05, 3.63) is 310 Å². The van der Waals surface area contributed by atoms with Crippen molar-refractivity contribution >= 4 is 27.3 Å². The second-order valence-electron chi connectivity index (χ2n) is 16.2. The molecule has 5 heterocycles. The number of aliphatic hydroxyl groups is 1. The van der Waals surface area contributed by atoms with Gasteiger partial charge >= 0.3 is 20.1 Å². The molecule has 381 valence electrons. The normalized spacial score (nSPS) is 9.92. The Balaban J connectivity index is 0.000000172. The molecule has 0 saturated heterocycles. The minimum Gasteiger partial charge on any atom is -0.512 e. The molecule has 0 aliphatic heterocycles. The maximum absolute atomic E-state index is 10.0. The van der Waals surface area contributed by atoms with Crippen LogP contribution >= 0.6 is 0 Å². The Morgan fingerprint density at radius 3 is 0.922 bits per heavy atom. The molecule has 0 aliphatic rings. The van der Waals surface area contributed by atoms with E-state index in [0.717, 1.165) is 56.3 Å². The number of nitrogens with zero attached hydrogens (tertiary/aromatic N) is 5.